The Morgan fingerprint density at radius 1 is 1.42 bits per heavy atom. The summed E-state index contributed by atoms with van der Waals surface area (Å²) in [5, 5.41) is 13.1. The predicted molar refractivity (Wildman–Crippen MR) is 96.2 cm³/mol. The normalized spacial score (nSPS) is 11.3. The molecule has 2 aromatic rings. The summed E-state index contributed by atoms with van der Waals surface area (Å²) in [5.74, 6) is -0.273. The van der Waals surface area contributed by atoms with Gasteiger partial charge in [0.15, 0.2) is 0 Å². The lowest BCUT2D eigenvalue weighted by Gasteiger charge is -2.19. The summed E-state index contributed by atoms with van der Waals surface area (Å²) in [6.45, 7) is 1.45. The summed E-state index contributed by atoms with van der Waals surface area (Å²) < 4.78 is 25.8. The third-order valence-corrected chi connectivity index (χ3v) is 5.06. The monoisotopic (exact) mass is 376 g/mol. The molecule has 138 valence electrons. The van der Waals surface area contributed by atoms with Crippen LogP contribution in [0.15, 0.2) is 30.7 Å². The van der Waals surface area contributed by atoms with Crippen molar-refractivity contribution in [1.29, 1.82) is 5.26 Å². The van der Waals surface area contributed by atoms with Crippen LogP contribution in [0.3, 0.4) is 0 Å². The molecule has 2 rings (SSSR count). The lowest BCUT2D eigenvalue weighted by Crippen LogP contribution is -2.35. The Balaban J connectivity index is 2.11. The van der Waals surface area contributed by atoms with Gasteiger partial charge in [-0.3, -0.25) is 9.78 Å². The first kappa shape index (κ1) is 19.6. The first-order chi connectivity index (χ1) is 12.2. The van der Waals surface area contributed by atoms with Crippen LogP contribution in [0.1, 0.15) is 12.1 Å². The van der Waals surface area contributed by atoms with Crippen molar-refractivity contribution in [3.05, 3.63) is 36.4 Å². The minimum absolute atomic E-state index is 0.0389. The smallest absolute Gasteiger partial charge is 0.228 e. The van der Waals surface area contributed by atoms with Crippen molar-refractivity contribution in [2.45, 2.75) is 13.3 Å². The van der Waals surface area contributed by atoms with Gasteiger partial charge in [0, 0.05) is 26.2 Å². The summed E-state index contributed by atoms with van der Waals surface area (Å²) >= 11 is 0. The van der Waals surface area contributed by atoms with Crippen LogP contribution in [0.25, 0.3) is 5.69 Å². The predicted octanol–water partition coefficient (Wildman–Crippen LogP) is 0.714. The highest BCUT2D eigenvalue weighted by atomic mass is 32.2. The number of aromatic nitrogens is 3. The number of aryl methyl sites for hydroxylation is 1. The lowest BCUT2D eigenvalue weighted by atomic mass is 10.3. The van der Waals surface area contributed by atoms with E-state index in [-0.39, 0.29) is 25.4 Å². The molecule has 0 radical (unpaired) electrons. The summed E-state index contributed by atoms with van der Waals surface area (Å²) in [6.07, 6.45) is 6.01. The Kier molecular flexibility index (Phi) is 6.07. The molecule has 2 aromatic heterocycles. The van der Waals surface area contributed by atoms with Gasteiger partial charge in [-0.15, -0.1) is 0 Å². The number of anilines is 1. The zero-order valence-electron chi connectivity index (χ0n) is 14.8. The van der Waals surface area contributed by atoms with E-state index in [0.29, 0.717) is 11.4 Å². The van der Waals surface area contributed by atoms with Crippen LogP contribution in [0.4, 0.5) is 5.69 Å². The van der Waals surface area contributed by atoms with Gasteiger partial charge in [-0.25, -0.2) is 13.1 Å². The summed E-state index contributed by atoms with van der Waals surface area (Å²) in [6, 6.07) is 5.42. The third kappa shape index (κ3) is 4.65. The zero-order chi connectivity index (χ0) is 19.3. The van der Waals surface area contributed by atoms with Gasteiger partial charge in [-0.05, 0) is 19.1 Å². The van der Waals surface area contributed by atoms with Gasteiger partial charge in [-0.1, -0.05) is 0 Å². The largest absolute Gasteiger partial charge is 0.312 e. The van der Waals surface area contributed by atoms with Crippen LogP contribution < -0.4 is 4.90 Å². The van der Waals surface area contributed by atoms with Crippen molar-refractivity contribution in [3.8, 4) is 11.8 Å². The van der Waals surface area contributed by atoms with Crippen LogP contribution in [-0.2, 0) is 14.8 Å². The summed E-state index contributed by atoms with van der Waals surface area (Å²) in [4.78, 5) is 17.9. The van der Waals surface area contributed by atoms with Gasteiger partial charge in [0.2, 0.25) is 15.9 Å². The molecule has 26 heavy (non-hydrogen) atoms. The number of hydrogen-bond acceptors (Lipinski definition) is 6. The molecule has 0 aliphatic carbocycles. The number of hydrogen-bond donors (Lipinski definition) is 0. The molecule has 0 N–H and O–H groups in total. The van der Waals surface area contributed by atoms with E-state index < -0.39 is 10.0 Å². The molecule has 0 unspecified atom stereocenters. The molecule has 0 spiro atoms. The molecule has 2 heterocycles. The van der Waals surface area contributed by atoms with Crippen molar-refractivity contribution < 1.29 is 13.2 Å². The van der Waals surface area contributed by atoms with E-state index in [9.17, 15) is 13.2 Å². The van der Waals surface area contributed by atoms with Crippen LogP contribution >= 0.6 is 0 Å². The second-order valence-corrected chi connectivity index (χ2v) is 7.70. The van der Waals surface area contributed by atoms with Crippen molar-refractivity contribution in [2.75, 3.05) is 31.3 Å². The minimum atomic E-state index is -3.54. The van der Waals surface area contributed by atoms with Crippen LogP contribution in [0, 0.1) is 18.3 Å². The first-order valence-electron chi connectivity index (χ1n) is 7.79. The molecule has 0 saturated carbocycles. The Bertz CT molecular complexity index is 917. The minimum Gasteiger partial charge on any atom is -0.312 e. The molecule has 9 nitrogen and oxygen atoms in total. The number of nitriles is 1. The van der Waals surface area contributed by atoms with Crippen LogP contribution in [0.2, 0.25) is 0 Å². The maximum Gasteiger partial charge on any atom is 0.228 e. The molecule has 10 heteroatoms. The maximum absolute atomic E-state index is 12.4. The number of carbonyl (C=O) groups is 1. The first-order valence-corrected chi connectivity index (χ1v) is 9.64. The Hall–Kier alpha value is -2.77. The fourth-order valence-corrected chi connectivity index (χ4v) is 3.08. The SMILES string of the molecule is Cc1nn(-c2cccnc2)cc1N(C)C(=O)CCN(CC#N)S(C)(=O)=O. The third-order valence-electron chi connectivity index (χ3n) is 3.81. The molecule has 0 aliphatic rings. The number of amides is 1. The highest BCUT2D eigenvalue weighted by Crippen LogP contribution is 2.20. The van der Waals surface area contributed by atoms with Gasteiger partial charge in [0.25, 0.3) is 0 Å². The van der Waals surface area contributed by atoms with Gasteiger partial charge < -0.3 is 4.90 Å². The van der Waals surface area contributed by atoms with E-state index in [2.05, 4.69) is 10.1 Å². The van der Waals surface area contributed by atoms with Gasteiger partial charge >= 0.3 is 0 Å². The highest BCUT2D eigenvalue weighted by molar-refractivity contribution is 7.88. The molecule has 1 amide bonds. The van der Waals surface area contributed by atoms with Crippen molar-refractivity contribution in [3.63, 3.8) is 0 Å². The fourth-order valence-electron chi connectivity index (χ4n) is 2.37. The van der Waals surface area contributed by atoms with Crippen molar-refractivity contribution >= 4 is 21.6 Å². The van der Waals surface area contributed by atoms with E-state index in [0.717, 1.165) is 16.2 Å². The molecular formula is C16H20N6O3S. The van der Waals surface area contributed by atoms with E-state index in [1.54, 1.807) is 49.4 Å². The molecular weight excluding hydrogens is 356 g/mol. The highest BCUT2D eigenvalue weighted by Gasteiger charge is 2.21. The van der Waals surface area contributed by atoms with E-state index in [1.807, 2.05) is 6.07 Å². The van der Waals surface area contributed by atoms with Crippen molar-refractivity contribution in [2.24, 2.45) is 0 Å². The van der Waals surface area contributed by atoms with E-state index in [1.165, 1.54) is 4.90 Å². The maximum atomic E-state index is 12.4. The molecule has 0 bridgehead atoms. The molecule has 0 fully saturated rings. The summed E-state index contributed by atoms with van der Waals surface area (Å²) in [7, 11) is -1.93. The van der Waals surface area contributed by atoms with Gasteiger partial charge in [-0.2, -0.15) is 14.7 Å². The summed E-state index contributed by atoms with van der Waals surface area (Å²) in [5.41, 5.74) is 2.03. The molecule has 0 saturated heterocycles. The second kappa shape index (κ2) is 8.07. The zero-order valence-corrected chi connectivity index (χ0v) is 15.6. The average Bonchev–Trinajstić information content (AvgIpc) is 2.99. The lowest BCUT2D eigenvalue weighted by molar-refractivity contribution is -0.118. The van der Waals surface area contributed by atoms with Gasteiger partial charge in [0.05, 0.1) is 41.8 Å². The average molecular weight is 376 g/mol. The van der Waals surface area contributed by atoms with Crippen LogP contribution in [-0.4, -0.2) is 59.8 Å². The standard InChI is InChI=1S/C16H20N6O3S/c1-13-15(12-22(19-13)14-5-4-8-18-11-14)20(2)16(23)6-9-21(10-7-17)26(3,24)25/h4-5,8,11-12H,6,9-10H2,1-3H3. The van der Waals surface area contributed by atoms with E-state index >= 15 is 0 Å². The number of nitrogens with zero attached hydrogens (tertiary/aromatic N) is 6. The van der Waals surface area contributed by atoms with Crippen LogP contribution in [0.5, 0.6) is 0 Å². The number of sulfonamides is 1. The number of pyridine rings is 1. The second-order valence-electron chi connectivity index (χ2n) is 5.71. The Morgan fingerprint density at radius 2 is 2.15 bits per heavy atom. The Labute approximate surface area is 152 Å². The van der Waals surface area contributed by atoms with E-state index in [4.69, 9.17) is 5.26 Å². The molecule has 0 atom stereocenters. The number of carbonyl (C=O) groups excluding carboxylic acids is 1. The number of rotatable bonds is 7. The fraction of sp³-hybridized carbons (Fsp3) is 0.375. The molecule has 0 aliphatic heterocycles. The Morgan fingerprint density at radius 3 is 2.73 bits per heavy atom. The topological polar surface area (TPSA) is 112 Å². The van der Waals surface area contributed by atoms with Gasteiger partial charge in [0.1, 0.15) is 6.54 Å². The quantitative estimate of drug-likeness (QED) is 0.658. The molecule has 0 aromatic carbocycles. The van der Waals surface area contributed by atoms with Crippen molar-refractivity contribution in [1.82, 2.24) is 19.1 Å².